The van der Waals surface area contributed by atoms with Crippen molar-refractivity contribution in [3.8, 4) is 11.3 Å². The Balaban J connectivity index is 1.15. The zero-order valence-electron chi connectivity index (χ0n) is 21.0. The lowest BCUT2D eigenvalue weighted by Crippen LogP contribution is -2.50. The van der Waals surface area contributed by atoms with E-state index in [0.29, 0.717) is 12.0 Å². The van der Waals surface area contributed by atoms with Crippen molar-refractivity contribution in [1.82, 2.24) is 38.9 Å². The summed E-state index contributed by atoms with van der Waals surface area (Å²) in [6, 6.07) is 7.33. The molecule has 35 heavy (non-hydrogen) atoms. The second-order valence-corrected chi connectivity index (χ2v) is 10.1. The van der Waals surface area contributed by atoms with Gasteiger partial charge in [0.2, 0.25) is 5.95 Å². The summed E-state index contributed by atoms with van der Waals surface area (Å²) in [4.78, 5) is 19.4. The first-order chi connectivity index (χ1) is 17.1. The molecule has 0 unspecified atom stereocenters. The smallest absolute Gasteiger partial charge is 0.241 e. The fraction of sp³-hybridized carbons (Fsp3) is 0.538. The van der Waals surface area contributed by atoms with Crippen LogP contribution in [0.3, 0.4) is 0 Å². The summed E-state index contributed by atoms with van der Waals surface area (Å²) in [5, 5.41) is 8.36. The molecule has 1 saturated carbocycles. The SMILES string of the molecule is CCn1c(C)nc2ccc(-c3ccn4nc(NC5CCC(N6CCN(C)CC6)CC5)ncc34)nc21. The van der Waals surface area contributed by atoms with Crippen molar-refractivity contribution < 1.29 is 0 Å². The van der Waals surface area contributed by atoms with Crippen LogP contribution >= 0.6 is 0 Å². The number of hydrogen-bond donors (Lipinski definition) is 1. The van der Waals surface area contributed by atoms with Gasteiger partial charge in [0.1, 0.15) is 11.3 Å². The van der Waals surface area contributed by atoms with Gasteiger partial charge in [0.15, 0.2) is 5.65 Å². The molecule has 4 aromatic rings. The first kappa shape index (κ1) is 22.4. The van der Waals surface area contributed by atoms with Gasteiger partial charge in [-0.3, -0.25) is 4.90 Å². The summed E-state index contributed by atoms with van der Waals surface area (Å²) >= 11 is 0. The zero-order valence-corrected chi connectivity index (χ0v) is 21.0. The number of aryl methyl sites for hydroxylation is 2. The fourth-order valence-corrected chi connectivity index (χ4v) is 5.78. The fourth-order valence-electron chi connectivity index (χ4n) is 5.78. The summed E-state index contributed by atoms with van der Waals surface area (Å²) < 4.78 is 4.06. The predicted molar refractivity (Wildman–Crippen MR) is 139 cm³/mol. The quantitative estimate of drug-likeness (QED) is 0.476. The van der Waals surface area contributed by atoms with E-state index in [2.05, 4.69) is 55.8 Å². The van der Waals surface area contributed by atoms with E-state index in [4.69, 9.17) is 10.1 Å². The summed E-state index contributed by atoms with van der Waals surface area (Å²) in [5.74, 6) is 1.69. The number of piperazine rings is 1. The van der Waals surface area contributed by atoms with Crippen molar-refractivity contribution in [2.75, 3.05) is 38.5 Å². The predicted octanol–water partition coefficient (Wildman–Crippen LogP) is 3.44. The molecule has 9 heteroatoms. The Morgan fingerprint density at radius 3 is 2.57 bits per heavy atom. The molecular formula is C26H35N9. The third-order valence-corrected chi connectivity index (χ3v) is 7.88. The largest absolute Gasteiger partial charge is 0.350 e. The van der Waals surface area contributed by atoms with Crippen LogP contribution in [-0.2, 0) is 6.54 Å². The van der Waals surface area contributed by atoms with Crippen LogP contribution in [-0.4, -0.2) is 84.2 Å². The third-order valence-electron chi connectivity index (χ3n) is 7.88. The highest BCUT2D eigenvalue weighted by Crippen LogP contribution is 2.28. The monoisotopic (exact) mass is 473 g/mol. The molecule has 0 bridgehead atoms. The van der Waals surface area contributed by atoms with E-state index in [1.54, 1.807) is 0 Å². The Hall–Kier alpha value is -3.04. The van der Waals surface area contributed by atoms with E-state index < -0.39 is 0 Å². The van der Waals surface area contributed by atoms with Crippen LogP contribution in [0.1, 0.15) is 38.4 Å². The Kier molecular flexibility index (Phi) is 5.89. The standard InChI is InChI=1S/C26H35N9/c1-4-34-18(2)28-23-10-9-22(30-25(23)34)21-11-12-35-24(21)17-27-26(31-35)29-19-5-7-20(8-6-19)33-15-13-32(3)14-16-33/h9-12,17,19-20H,4-8,13-16H2,1-3H3,(H,29,31). The Bertz CT molecular complexity index is 1320. The number of anilines is 1. The molecule has 0 aromatic carbocycles. The van der Waals surface area contributed by atoms with E-state index >= 15 is 0 Å². The molecule has 2 aliphatic rings. The highest BCUT2D eigenvalue weighted by Gasteiger charge is 2.28. The van der Waals surface area contributed by atoms with Gasteiger partial charge >= 0.3 is 0 Å². The molecule has 4 aromatic heterocycles. The van der Waals surface area contributed by atoms with Gasteiger partial charge in [0.25, 0.3) is 0 Å². The third kappa shape index (κ3) is 4.27. The number of aromatic nitrogens is 6. The summed E-state index contributed by atoms with van der Waals surface area (Å²) in [7, 11) is 2.22. The molecular weight excluding hydrogens is 438 g/mol. The minimum atomic E-state index is 0.438. The van der Waals surface area contributed by atoms with Gasteiger partial charge < -0.3 is 14.8 Å². The molecule has 1 N–H and O–H groups in total. The van der Waals surface area contributed by atoms with Crippen LogP contribution in [0.15, 0.2) is 30.6 Å². The minimum Gasteiger partial charge on any atom is -0.350 e. The molecule has 1 aliphatic heterocycles. The summed E-state index contributed by atoms with van der Waals surface area (Å²) in [5.41, 5.74) is 4.77. The molecule has 5 heterocycles. The lowest BCUT2D eigenvalue weighted by Gasteiger charge is -2.41. The molecule has 0 radical (unpaired) electrons. The molecule has 0 spiro atoms. The Labute approximate surface area is 206 Å². The number of nitrogens with zero attached hydrogens (tertiary/aromatic N) is 8. The second kappa shape index (κ2) is 9.20. The molecule has 6 rings (SSSR count). The van der Waals surface area contributed by atoms with Gasteiger partial charge in [0.05, 0.1) is 17.4 Å². The normalized spacial score (nSPS) is 22.3. The summed E-state index contributed by atoms with van der Waals surface area (Å²) in [6.45, 7) is 9.79. The van der Waals surface area contributed by atoms with Gasteiger partial charge in [0, 0.05) is 56.6 Å². The van der Waals surface area contributed by atoms with Gasteiger partial charge in [-0.25, -0.2) is 19.5 Å². The second-order valence-electron chi connectivity index (χ2n) is 10.1. The molecule has 1 aliphatic carbocycles. The molecule has 0 atom stereocenters. The molecule has 1 saturated heterocycles. The van der Waals surface area contributed by atoms with Crippen molar-refractivity contribution in [3.63, 3.8) is 0 Å². The van der Waals surface area contributed by atoms with E-state index in [0.717, 1.165) is 46.3 Å². The molecule has 9 nitrogen and oxygen atoms in total. The number of likely N-dealkylation sites (N-methyl/N-ethyl adjacent to an activating group) is 1. The van der Waals surface area contributed by atoms with Crippen LogP contribution in [0.4, 0.5) is 5.95 Å². The lowest BCUT2D eigenvalue weighted by molar-refractivity contribution is 0.0893. The van der Waals surface area contributed by atoms with Crippen LogP contribution in [0, 0.1) is 6.92 Å². The molecule has 2 fully saturated rings. The average molecular weight is 474 g/mol. The van der Waals surface area contributed by atoms with Crippen LogP contribution in [0.5, 0.6) is 0 Å². The van der Waals surface area contributed by atoms with E-state index in [-0.39, 0.29) is 0 Å². The van der Waals surface area contributed by atoms with Gasteiger partial charge in [-0.05, 0) is 64.8 Å². The number of hydrogen-bond acceptors (Lipinski definition) is 7. The van der Waals surface area contributed by atoms with Crippen LogP contribution in [0.2, 0.25) is 0 Å². The molecule has 0 amide bonds. The van der Waals surface area contributed by atoms with Gasteiger partial charge in [-0.2, -0.15) is 0 Å². The van der Waals surface area contributed by atoms with Gasteiger partial charge in [-0.1, -0.05) is 0 Å². The topological polar surface area (TPSA) is 79.4 Å². The first-order valence-corrected chi connectivity index (χ1v) is 13.0. The average Bonchev–Trinajstić information content (AvgIpc) is 3.44. The van der Waals surface area contributed by atoms with Crippen molar-refractivity contribution in [1.29, 1.82) is 0 Å². The number of imidazole rings is 1. The molecule has 184 valence electrons. The van der Waals surface area contributed by atoms with Crippen LogP contribution < -0.4 is 5.32 Å². The Morgan fingerprint density at radius 2 is 1.80 bits per heavy atom. The highest BCUT2D eigenvalue weighted by atomic mass is 15.3. The maximum Gasteiger partial charge on any atom is 0.241 e. The van der Waals surface area contributed by atoms with Crippen LogP contribution in [0.25, 0.3) is 27.9 Å². The van der Waals surface area contributed by atoms with Gasteiger partial charge in [-0.15, -0.1) is 5.10 Å². The van der Waals surface area contributed by atoms with Crippen molar-refractivity contribution in [2.45, 2.75) is 58.2 Å². The first-order valence-electron chi connectivity index (χ1n) is 13.0. The number of rotatable bonds is 5. The number of pyridine rings is 1. The van der Waals surface area contributed by atoms with E-state index in [1.807, 2.05) is 29.9 Å². The van der Waals surface area contributed by atoms with Crippen molar-refractivity contribution in [2.24, 2.45) is 0 Å². The number of fused-ring (bicyclic) bond motifs is 2. The highest BCUT2D eigenvalue weighted by molar-refractivity contribution is 5.82. The van der Waals surface area contributed by atoms with E-state index in [1.165, 1.54) is 51.9 Å². The van der Waals surface area contributed by atoms with E-state index in [9.17, 15) is 0 Å². The lowest BCUT2D eigenvalue weighted by atomic mass is 9.90. The maximum atomic E-state index is 4.93. The Morgan fingerprint density at radius 1 is 1.00 bits per heavy atom. The van der Waals surface area contributed by atoms with Crippen molar-refractivity contribution in [3.05, 3.63) is 36.4 Å². The van der Waals surface area contributed by atoms with Crippen molar-refractivity contribution >= 4 is 22.6 Å². The maximum absolute atomic E-state index is 4.93. The minimum absolute atomic E-state index is 0.438. The zero-order chi connectivity index (χ0) is 23.9. The summed E-state index contributed by atoms with van der Waals surface area (Å²) in [6.07, 6.45) is 8.75. The number of nitrogens with one attached hydrogen (secondary N) is 1.